The SMILES string of the molecule is C=CO.COC(=O)c1ccc(C(=O)O)cc1. The van der Waals surface area contributed by atoms with E-state index in [0.717, 1.165) is 6.26 Å². The van der Waals surface area contributed by atoms with E-state index in [-0.39, 0.29) is 5.56 Å². The number of carbonyl (C=O) groups excluding carboxylic acids is 1. The van der Waals surface area contributed by atoms with Gasteiger partial charge >= 0.3 is 11.9 Å². The topological polar surface area (TPSA) is 83.8 Å². The van der Waals surface area contributed by atoms with Gasteiger partial charge in [-0.15, -0.1) is 0 Å². The fourth-order valence-corrected chi connectivity index (χ4v) is 0.867. The first kappa shape index (κ1) is 13.7. The monoisotopic (exact) mass is 224 g/mol. The molecule has 0 bridgehead atoms. The summed E-state index contributed by atoms with van der Waals surface area (Å²) >= 11 is 0. The van der Waals surface area contributed by atoms with Crippen molar-refractivity contribution in [1.82, 2.24) is 0 Å². The zero-order valence-electron chi connectivity index (χ0n) is 8.71. The molecule has 86 valence electrons. The molecule has 1 aromatic carbocycles. The molecule has 16 heavy (non-hydrogen) atoms. The van der Waals surface area contributed by atoms with Crippen LogP contribution in [0.5, 0.6) is 0 Å². The second-order valence-corrected chi connectivity index (χ2v) is 2.56. The smallest absolute Gasteiger partial charge is 0.337 e. The van der Waals surface area contributed by atoms with Crippen molar-refractivity contribution < 1.29 is 24.5 Å². The van der Waals surface area contributed by atoms with E-state index in [1.54, 1.807) is 0 Å². The predicted molar refractivity (Wildman–Crippen MR) is 57.6 cm³/mol. The highest BCUT2D eigenvalue weighted by molar-refractivity contribution is 5.92. The first-order valence-corrected chi connectivity index (χ1v) is 4.23. The molecule has 0 spiro atoms. The van der Waals surface area contributed by atoms with E-state index in [0.29, 0.717) is 5.56 Å². The summed E-state index contributed by atoms with van der Waals surface area (Å²) in [5, 5.41) is 15.9. The van der Waals surface area contributed by atoms with Gasteiger partial charge in [-0.05, 0) is 24.3 Å². The van der Waals surface area contributed by atoms with E-state index in [9.17, 15) is 9.59 Å². The molecule has 0 radical (unpaired) electrons. The number of aliphatic hydroxyl groups is 1. The van der Waals surface area contributed by atoms with Crippen molar-refractivity contribution in [3.8, 4) is 0 Å². The fourth-order valence-electron chi connectivity index (χ4n) is 0.867. The summed E-state index contributed by atoms with van der Waals surface area (Å²) in [6, 6.07) is 5.54. The molecule has 0 fully saturated rings. The largest absolute Gasteiger partial charge is 0.516 e. The first-order chi connectivity index (χ1) is 7.56. The molecule has 2 N–H and O–H groups in total. The summed E-state index contributed by atoms with van der Waals surface area (Å²) in [6.45, 7) is 2.92. The molecule has 5 heteroatoms. The van der Waals surface area contributed by atoms with Crippen molar-refractivity contribution in [2.75, 3.05) is 7.11 Å². The van der Waals surface area contributed by atoms with Crippen molar-refractivity contribution >= 4 is 11.9 Å². The Morgan fingerprint density at radius 2 is 1.62 bits per heavy atom. The molecule has 1 rings (SSSR count). The number of methoxy groups -OCH3 is 1. The molecular weight excluding hydrogens is 212 g/mol. The molecule has 0 unspecified atom stereocenters. The Hall–Kier alpha value is -2.30. The molecule has 1 aromatic rings. The third kappa shape index (κ3) is 4.28. The molecule has 0 heterocycles. The van der Waals surface area contributed by atoms with Gasteiger partial charge in [0.1, 0.15) is 0 Å². The number of carboxylic acid groups (broad SMARTS) is 1. The molecule has 0 amide bonds. The average Bonchev–Trinajstić information content (AvgIpc) is 2.29. The van der Waals surface area contributed by atoms with Gasteiger partial charge in [0.15, 0.2) is 0 Å². The van der Waals surface area contributed by atoms with Crippen LogP contribution in [-0.4, -0.2) is 29.3 Å². The van der Waals surface area contributed by atoms with Crippen molar-refractivity contribution in [2.45, 2.75) is 0 Å². The summed E-state index contributed by atoms with van der Waals surface area (Å²) in [6.07, 6.45) is 0.750. The number of ether oxygens (including phenoxy) is 1. The molecule has 5 nitrogen and oxygen atoms in total. The molecular formula is C11H12O5. The summed E-state index contributed by atoms with van der Waals surface area (Å²) in [7, 11) is 1.27. The maximum atomic E-state index is 10.9. The third-order valence-electron chi connectivity index (χ3n) is 1.55. The van der Waals surface area contributed by atoms with Crippen LogP contribution >= 0.6 is 0 Å². The lowest BCUT2D eigenvalue weighted by molar-refractivity contribution is 0.0598. The van der Waals surface area contributed by atoms with Gasteiger partial charge in [-0.3, -0.25) is 0 Å². The Morgan fingerprint density at radius 1 is 1.25 bits per heavy atom. The Bertz CT molecular complexity index is 366. The van der Waals surface area contributed by atoms with Crippen LogP contribution in [-0.2, 0) is 4.74 Å². The van der Waals surface area contributed by atoms with E-state index in [1.165, 1.54) is 31.4 Å². The highest BCUT2D eigenvalue weighted by Gasteiger charge is 2.06. The average molecular weight is 224 g/mol. The zero-order valence-corrected chi connectivity index (χ0v) is 8.71. The Kier molecular flexibility index (Phi) is 6.04. The highest BCUT2D eigenvalue weighted by atomic mass is 16.5. The standard InChI is InChI=1S/C9H8O4.C2H4O/c1-13-9(12)7-4-2-6(3-5-7)8(10)11;1-2-3/h2-5H,1H3,(H,10,11);2-3H,1H2. The number of benzene rings is 1. The van der Waals surface area contributed by atoms with Crippen LogP contribution < -0.4 is 0 Å². The normalized spacial score (nSPS) is 8.31. The molecule has 0 atom stereocenters. The third-order valence-corrected chi connectivity index (χ3v) is 1.55. The van der Waals surface area contributed by atoms with Gasteiger partial charge in [-0.2, -0.15) is 0 Å². The molecule has 0 aliphatic carbocycles. The maximum Gasteiger partial charge on any atom is 0.337 e. The van der Waals surface area contributed by atoms with Crippen LogP contribution in [0.15, 0.2) is 37.1 Å². The van der Waals surface area contributed by atoms with Gasteiger partial charge < -0.3 is 14.9 Å². The predicted octanol–water partition coefficient (Wildman–Crippen LogP) is 1.86. The number of hydrogen-bond donors (Lipinski definition) is 2. The number of carboxylic acids is 1. The van der Waals surface area contributed by atoms with Gasteiger partial charge in [0.2, 0.25) is 0 Å². The second kappa shape index (κ2) is 7.05. The quantitative estimate of drug-likeness (QED) is 0.591. The van der Waals surface area contributed by atoms with E-state index >= 15 is 0 Å². The molecule has 0 saturated heterocycles. The Morgan fingerprint density at radius 3 is 1.94 bits per heavy atom. The lowest BCUT2D eigenvalue weighted by Crippen LogP contribution is -2.02. The van der Waals surface area contributed by atoms with Crippen LogP contribution in [0.2, 0.25) is 0 Å². The van der Waals surface area contributed by atoms with Crippen LogP contribution in [0.3, 0.4) is 0 Å². The van der Waals surface area contributed by atoms with Crippen LogP contribution in [0.1, 0.15) is 20.7 Å². The summed E-state index contributed by atoms with van der Waals surface area (Å²) in [4.78, 5) is 21.4. The zero-order chi connectivity index (χ0) is 12.6. The van der Waals surface area contributed by atoms with Gasteiger partial charge in [-0.1, -0.05) is 6.58 Å². The number of rotatable bonds is 2. The van der Waals surface area contributed by atoms with Crippen molar-refractivity contribution in [2.24, 2.45) is 0 Å². The molecule has 0 saturated carbocycles. The van der Waals surface area contributed by atoms with Crippen LogP contribution in [0.4, 0.5) is 0 Å². The summed E-state index contributed by atoms with van der Waals surface area (Å²) < 4.78 is 4.45. The van der Waals surface area contributed by atoms with E-state index in [4.69, 9.17) is 10.2 Å². The number of carbonyl (C=O) groups is 2. The van der Waals surface area contributed by atoms with Crippen LogP contribution in [0, 0.1) is 0 Å². The number of aromatic carboxylic acids is 1. The second-order valence-electron chi connectivity index (χ2n) is 2.56. The Labute approximate surface area is 92.6 Å². The van der Waals surface area contributed by atoms with Gasteiger partial charge in [0, 0.05) is 0 Å². The minimum absolute atomic E-state index is 0.146. The van der Waals surface area contributed by atoms with Gasteiger partial charge in [0.25, 0.3) is 0 Å². The maximum absolute atomic E-state index is 10.9. The molecule has 0 aliphatic heterocycles. The number of hydrogen-bond acceptors (Lipinski definition) is 4. The minimum Gasteiger partial charge on any atom is -0.516 e. The molecule has 0 aromatic heterocycles. The first-order valence-electron chi connectivity index (χ1n) is 4.23. The number of aliphatic hydroxyl groups excluding tert-OH is 1. The van der Waals surface area contributed by atoms with Crippen LogP contribution in [0.25, 0.3) is 0 Å². The fraction of sp³-hybridized carbons (Fsp3) is 0.0909. The Balaban J connectivity index is 0.000000673. The summed E-state index contributed by atoms with van der Waals surface area (Å²) in [5.41, 5.74) is 0.486. The van der Waals surface area contributed by atoms with E-state index in [1.807, 2.05) is 0 Å². The van der Waals surface area contributed by atoms with Crippen molar-refractivity contribution in [3.63, 3.8) is 0 Å². The van der Waals surface area contributed by atoms with Gasteiger partial charge in [-0.25, -0.2) is 9.59 Å². The minimum atomic E-state index is -1.02. The lowest BCUT2D eigenvalue weighted by atomic mass is 10.1. The number of esters is 1. The highest BCUT2D eigenvalue weighted by Crippen LogP contribution is 2.05. The summed E-state index contributed by atoms with van der Waals surface area (Å²) in [5.74, 6) is -1.49. The van der Waals surface area contributed by atoms with Crippen molar-refractivity contribution in [1.29, 1.82) is 0 Å². The molecule has 0 aliphatic rings. The van der Waals surface area contributed by atoms with Crippen molar-refractivity contribution in [3.05, 3.63) is 48.2 Å². The van der Waals surface area contributed by atoms with E-state index < -0.39 is 11.9 Å². The lowest BCUT2D eigenvalue weighted by Gasteiger charge is -1.98. The van der Waals surface area contributed by atoms with E-state index in [2.05, 4.69) is 11.3 Å². The van der Waals surface area contributed by atoms with Gasteiger partial charge in [0.05, 0.1) is 24.5 Å².